The molecule has 0 amide bonds. The molecule has 4 aromatic carbocycles. The van der Waals surface area contributed by atoms with E-state index in [-0.39, 0.29) is 0 Å². The van der Waals surface area contributed by atoms with Gasteiger partial charge in [0.2, 0.25) is 0 Å². The highest BCUT2D eigenvalue weighted by molar-refractivity contribution is 7.19. The summed E-state index contributed by atoms with van der Waals surface area (Å²) in [5.74, 6) is 0. The van der Waals surface area contributed by atoms with Crippen LogP contribution in [0.1, 0.15) is 37.5 Å². The molecular formula is C28H24S2. The fraction of sp³-hybridized carbons (Fsp3) is 0.214. The molecule has 30 heavy (non-hydrogen) atoms. The third-order valence-electron chi connectivity index (χ3n) is 6.45. The van der Waals surface area contributed by atoms with E-state index in [1.807, 2.05) is 22.7 Å². The van der Waals surface area contributed by atoms with Crippen molar-refractivity contribution >= 4 is 75.2 Å². The largest absolute Gasteiger partial charge is 0.144 e. The summed E-state index contributed by atoms with van der Waals surface area (Å²) in [5.41, 5.74) is 0. The van der Waals surface area contributed by atoms with Gasteiger partial charge in [-0.15, -0.1) is 22.7 Å². The molecule has 0 bridgehead atoms. The predicted molar refractivity (Wildman–Crippen MR) is 138 cm³/mol. The molecule has 6 rings (SSSR count). The number of fused-ring (bicyclic) bond motifs is 9. The first-order valence-corrected chi connectivity index (χ1v) is 12.7. The Morgan fingerprint density at radius 3 is 1.87 bits per heavy atom. The van der Waals surface area contributed by atoms with Crippen LogP contribution in [0.25, 0.3) is 52.5 Å². The van der Waals surface area contributed by atoms with Gasteiger partial charge in [0.25, 0.3) is 0 Å². The van der Waals surface area contributed by atoms with Gasteiger partial charge in [-0.05, 0) is 74.8 Å². The lowest BCUT2D eigenvalue weighted by atomic mass is 9.95. The maximum Gasteiger partial charge on any atom is 0.0352 e. The van der Waals surface area contributed by atoms with Crippen molar-refractivity contribution in [1.29, 1.82) is 0 Å². The van der Waals surface area contributed by atoms with Crippen LogP contribution >= 0.6 is 22.7 Å². The Balaban J connectivity index is 1.53. The normalized spacial score (nSPS) is 12.2. The molecule has 0 aliphatic carbocycles. The molecule has 6 aromatic rings. The Morgan fingerprint density at radius 2 is 1.17 bits per heavy atom. The van der Waals surface area contributed by atoms with E-state index in [1.165, 1.54) is 89.5 Å². The summed E-state index contributed by atoms with van der Waals surface area (Å²) in [5, 5.41) is 13.2. The summed E-state index contributed by atoms with van der Waals surface area (Å²) >= 11 is 3.80. The number of aryl methyl sites for hydroxylation is 1. The van der Waals surface area contributed by atoms with Crippen LogP contribution in [0, 0.1) is 0 Å². The second kappa shape index (κ2) is 7.37. The van der Waals surface area contributed by atoms with Gasteiger partial charge < -0.3 is 0 Å². The Kier molecular flexibility index (Phi) is 4.51. The molecule has 0 radical (unpaired) electrons. The van der Waals surface area contributed by atoms with E-state index in [1.54, 1.807) is 0 Å². The van der Waals surface area contributed by atoms with Crippen molar-refractivity contribution < 1.29 is 0 Å². The van der Waals surface area contributed by atoms with E-state index in [0.717, 1.165) is 0 Å². The van der Waals surface area contributed by atoms with Crippen LogP contribution in [-0.4, -0.2) is 0 Å². The highest BCUT2D eigenvalue weighted by Crippen LogP contribution is 2.39. The SMILES string of the molecule is CCCCCCc1cc2c(ccc3c2ccc2c4ccc5sccc5c4ccc32)s1. The van der Waals surface area contributed by atoms with Crippen LogP contribution in [0.3, 0.4) is 0 Å². The summed E-state index contributed by atoms with van der Waals surface area (Å²) in [6.45, 7) is 2.28. The van der Waals surface area contributed by atoms with E-state index in [9.17, 15) is 0 Å². The summed E-state index contributed by atoms with van der Waals surface area (Å²) < 4.78 is 2.79. The van der Waals surface area contributed by atoms with Gasteiger partial charge in [-0.2, -0.15) is 0 Å². The number of hydrogen-bond acceptors (Lipinski definition) is 2. The number of hydrogen-bond donors (Lipinski definition) is 0. The summed E-state index contributed by atoms with van der Waals surface area (Å²) in [4.78, 5) is 1.53. The molecule has 0 N–H and O–H groups in total. The predicted octanol–water partition coefficient (Wildman–Crippen LogP) is 9.70. The van der Waals surface area contributed by atoms with Crippen LogP contribution in [0.5, 0.6) is 0 Å². The zero-order valence-corrected chi connectivity index (χ0v) is 18.8. The average molecular weight is 425 g/mol. The molecule has 0 aliphatic heterocycles. The molecule has 2 heterocycles. The fourth-order valence-electron chi connectivity index (χ4n) is 4.91. The minimum Gasteiger partial charge on any atom is -0.144 e. The number of rotatable bonds is 5. The smallest absolute Gasteiger partial charge is 0.0352 e. The number of thiophene rings is 2. The van der Waals surface area contributed by atoms with Crippen LogP contribution in [0.4, 0.5) is 0 Å². The quantitative estimate of drug-likeness (QED) is 0.191. The first-order chi connectivity index (χ1) is 14.8. The van der Waals surface area contributed by atoms with E-state index >= 15 is 0 Å². The lowest BCUT2D eigenvalue weighted by Gasteiger charge is -2.09. The molecule has 0 aliphatic rings. The standard InChI is InChI=1S/C28H24S2/c1-2-3-4-5-6-18-17-26-24-10-8-19-20(22(24)12-14-28(26)30-18)7-9-23-21(19)11-13-27-25(23)15-16-29-27/h7-17H,2-6H2,1H3. The molecule has 0 spiro atoms. The van der Waals surface area contributed by atoms with Crippen LogP contribution in [0.15, 0.2) is 66.0 Å². The lowest BCUT2D eigenvalue weighted by Crippen LogP contribution is -1.82. The highest BCUT2D eigenvalue weighted by Gasteiger charge is 2.11. The Hall–Kier alpha value is -2.42. The van der Waals surface area contributed by atoms with Crippen molar-refractivity contribution in [2.24, 2.45) is 0 Å². The molecule has 2 heteroatoms. The second-order valence-corrected chi connectivity index (χ2v) is 10.4. The number of benzene rings is 4. The van der Waals surface area contributed by atoms with Crippen molar-refractivity contribution in [2.75, 3.05) is 0 Å². The van der Waals surface area contributed by atoms with Gasteiger partial charge >= 0.3 is 0 Å². The van der Waals surface area contributed by atoms with Gasteiger partial charge in [0, 0.05) is 25.0 Å². The molecule has 0 fully saturated rings. The molecule has 0 atom stereocenters. The van der Waals surface area contributed by atoms with Crippen molar-refractivity contribution in [3.05, 3.63) is 70.9 Å². The van der Waals surface area contributed by atoms with Gasteiger partial charge in [-0.3, -0.25) is 0 Å². The van der Waals surface area contributed by atoms with E-state index in [0.29, 0.717) is 0 Å². The molecule has 0 saturated carbocycles. The van der Waals surface area contributed by atoms with Crippen molar-refractivity contribution in [2.45, 2.75) is 39.0 Å². The molecule has 2 aromatic heterocycles. The van der Waals surface area contributed by atoms with E-state index in [2.05, 4.69) is 73.0 Å². The summed E-state index contributed by atoms with van der Waals surface area (Å²) in [7, 11) is 0. The lowest BCUT2D eigenvalue weighted by molar-refractivity contribution is 0.670. The zero-order valence-electron chi connectivity index (χ0n) is 17.2. The van der Waals surface area contributed by atoms with Gasteiger partial charge in [0.05, 0.1) is 0 Å². The Labute approximate surface area is 184 Å². The van der Waals surface area contributed by atoms with Crippen LogP contribution in [-0.2, 0) is 6.42 Å². The first kappa shape index (κ1) is 18.4. The minimum absolute atomic E-state index is 1.22. The topological polar surface area (TPSA) is 0 Å². The van der Waals surface area contributed by atoms with Gasteiger partial charge in [-0.1, -0.05) is 62.6 Å². The third-order valence-corrected chi connectivity index (χ3v) is 8.49. The zero-order chi connectivity index (χ0) is 20.1. The highest BCUT2D eigenvalue weighted by atomic mass is 32.1. The minimum atomic E-state index is 1.22. The fourth-order valence-corrected chi connectivity index (χ4v) is 6.84. The molecule has 0 nitrogen and oxygen atoms in total. The summed E-state index contributed by atoms with van der Waals surface area (Å²) in [6.07, 6.45) is 6.53. The summed E-state index contributed by atoms with van der Waals surface area (Å²) in [6, 6.07) is 23.3. The van der Waals surface area contributed by atoms with Gasteiger partial charge in [0.1, 0.15) is 0 Å². The van der Waals surface area contributed by atoms with Crippen molar-refractivity contribution in [3.63, 3.8) is 0 Å². The maximum absolute atomic E-state index is 2.45. The molecule has 0 saturated heterocycles. The Bertz CT molecular complexity index is 1530. The maximum atomic E-state index is 2.45. The van der Waals surface area contributed by atoms with Crippen molar-refractivity contribution in [1.82, 2.24) is 0 Å². The van der Waals surface area contributed by atoms with Gasteiger partial charge in [0.15, 0.2) is 0 Å². The first-order valence-electron chi connectivity index (χ1n) is 11.0. The van der Waals surface area contributed by atoms with E-state index in [4.69, 9.17) is 0 Å². The van der Waals surface area contributed by atoms with E-state index < -0.39 is 0 Å². The monoisotopic (exact) mass is 424 g/mol. The molecular weight excluding hydrogens is 400 g/mol. The molecule has 0 unspecified atom stereocenters. The van der Waals surface area contributed by atoms with Crippen LogP contribution in [0.2, 0.25) is 0 Å². The van der Waals surface area contributed by atoms with Crippen LogP contribution < -0.4 is 0 Å². The average Bonchev–Trinajstić information content (AvgIpc) is 3.42. The Morgan fingerprint density at radius 1 is 0.567 bits per heavy atom. The number of unbranched alkanes of at least 4 members (excludes halogenated alkanes) is 3. The second-order valence-electron chi connectivity index (χ2n) is 8.32. The van der Waals surface area contributed by atoms with Gasteiger partial charge in [-0.25, -0.2) is 0 Å². The van der Waals surface area contributed by atoms with Crippen molar-refractivity contribution in [3.8, 4) is 0 Å². The third kappa shape index (κ3) is 2.85. The molecule has 148 valence electrons.